The SMILES string of the molecule is [CH3-].[CH3-].[NH2-].[Nb+3]. The first-order chi connectivity index (χ1) is 0. The van der Waals surface area contributed by atoms with Gasteiger partial charge in [0.05, 0.1) is 0 Å². The fourth-order valence-electron chi connectivity index (χ4n) is 0. The second-order valence-electron chi connectivity index (χ2n) is 0. The molecule has 0 saturated heterocycles. The Kier molecular flexibility index (Phi) is 1810. The fraction of sp³-hybridized carbons (Fsp3) is 0. The Morgan fingerprint density at radius 2 is 0.750 bits per heavy atom. The van der Waals surface area contributed by atoms with Gasteiger partial charge in [-0.05, 0) is 0 Å². The molecule has 2 heteroatoms. The molecule has 0 amide bonds. The van der Waals surface area contributed by atoms with Crippen molar-refractivity contribution < 1.29 is 22.4 Å². The number of hydrogen-bond acceptors (Lipinski definition) is 0. The van der Waals surface area contributed by atoms with E-state index in [1.54, 1.807) is 0 Å². The van der Waals surface area contributed by atoms with Gasteiger partial charge in [0.25, 0.3) is 0 Å². The van der Waals surface area contributed by atoms with E-state index >= 15 is 0 Å². The average Bonchev–Trinajstić information content (AvgIpc) is 0. The van der Waals surface area contributed by atoms with Gasteiger partial charge in [0.2, 0.25) is 0 Å². The van der Waals surface area contributed by atoms with E-state index in [0.29, 0.717) is 0 Å². The molecule has 0 saturated carbocycles. The minimum atomic E-state index is 0. The fourth-order valence-corrected chi connectivity index (χ4v) is 0. The number of nitrogens with two attached hydrogens (primary N) is 1. The zero-order valence-corrected chi connectivity index (χ0v) is 5.22. The van der Waals surface area contributed by atoms with E-state index in [1.165, 1.54) is 0 Å². The van der Waals surface area contributed by atoms with Crippen molar-refractivity contribution in [2.45, 2.75) is 0 Å². The largest absolute Gasteiger partial charge is 3.00 e. The van der Waals surface area contributed by atoms with Crippen LogP contribution in [0, 0.1) is 14.9 Å². The summed E-state index contributed by atoms with van der Waals surface area (Å²) >= 11 is 0. The van der Waals surface area contributed by atoms with Crippen LogP contribution in [0.1, 0.15) is 0 Å². The Morgan fingerprint density at radius 3 is 0.750 bits per heavy atom. The van der Waals surface area contributed by atoms with Crippen LogP contribution in [0.25, 0.3) is 6.15 Å². The first-order valence-electron chi connectivity index (χ1n) is 0. The summed E-state index contributed by atoms with van der Waals surface area (Å²) in [5.41, 5.74) is 0. The van der Waals surface area contributed by atoms with Crippen molar-refractivity contribution >= 4 is 0 Å². The Balaban J connectivity index is 0. The van der Waals surface area contributed by atoms with E-state index in [0.717, 1.165) is 0 Å². The quantitative estimate of drug-likeness (QED) is 0.361. The topological polar surface area (TPSA) is 33.5 Å². The average molecular weight is 139 g/mol. The summed E-state index contributed by atoms with van der Waals surface area (Å²) in [6.45, 7) is 0. The van der Waals surface area contributed by atoms with Crippen molar-refractivity contribution in [3.8, 4) is 0 Å². The summed E-state index contributed by atoms with van der Waals surface area (Å²) in [6.07, 6.45) is 0. The molecule has 0 bridgehead atoms. The molecule has 0 aliphatic heterocycles. The molecule has 1 nitrogen and oxygen atoms in total. The standard InChI is InChI=1S/2CH3.H2N.Nb/h2*1H3;1H2;/q3*-1;+3. The smallest absolute Gasteiger partial charge is 0.693 e. The molecule has 4 heavy (non-hydrogen) atoms. The zero-order valence-electron chi connectivity index (χ0n) is 3.02. The van der Waals surface area contributed by atoms with Gasteiger partial charge in [0, 0.05) is 0 Å². The molecule has 0 aromatic rings. The Morgan fingerprint density at radius 1 is 0.750 bits per heavy atom. The summed E-state index contributed by atoms with van der Waals surface area (Å²) < 4.78 is 0. The van der Waals surface area contributed by atoms with E-state index in [2.05, 4.69) is 0 Å². The first kappa shape index (κ1) is 131. The Hall–Kier alpha value is 0.700. The zero-order chi connectivity index (χ0) is 0. The predicted octanol–water partition coefficient (Wildman–Crippen LogP) is 1.62. The van der Waals surface area contributed by atoms with Crippen LogP contribution in [-0.2, 0) is 22.4 Å². The molecule has 0 fully saturated rings. The Bertz CT molecular complexity index is 6.00. The Labute approximate surface area is 43.9 Å². The molecule has 0 aliphatic carbocycles. The molecule has 0 rings (SSSR count). The molecule has 0 unspecified atom stereocenters. The van der Waals surface area contributed by atoms with E-state index in [1.807, 2.05) is 0 Å². The third kappa shape index (κ3) is 15.9. The first-order valence-corrected chi connectivity index (χ1v) is 0. The van der Waals surface area contributed by atoms with Gasteiger partial charge in [0.1, 0.15) is 0 Å². The molecule has 0 aliphatic rings. The number of hydrogen-bond donors (Lipinski definition) is 0. The van der Waals surface area contributed by atoms with E-state index in [4.69, 9.17) is 0 Å². The minimum Gasteiger partial charge on any atom is -0.693 e. The minimum absolute atomic E-state index is 0. The summed E-state index contributed by atoms with van der Waals surface area (Å²) in [5.74, 6) is 0. The normalized spacial score (nSPS) is 0. The van der Waals surface area contributed by atoms with Crippen LogP contribution in [0.4, 0.5) is 0 Å². The van der Waals surface area contributed by atoms with Crippen LogP contribution >= 0.6 is 0 Å². The van der Waals surface area contributed by atoms with Crippen molar-refractivity contribution in [2.24, 2.45) is 0 Å². The van der Waals surface area contributed by atoms with E-state index in [-0.39, 0.29) is 43.4 Å². The van der Waals surface area contributed by atoms with Crippen LogP contribution in [0.2, 0.25) is 0 Å². The summed E-state index contributed by atoms with van der Waals surface area (Å²) in [4.78, 5) is 0. The second-order valence-corrected chi connectivity index (χ2v) is 0. The molecule has 26 valence electrons. The monoisotopic (exact) mass is 139 g/mol. The van der Waals surface area contributed by atoms with Crippen LogP contribution in [-0.4, -0.2) is 0 Å². The van der Waals surface area contributed by atoms with Crippen LogP contribution in [0.3, 0.4) is 0 Å². The maximum Gasteiger partial charge on any atom is 3.00 e. The molecule has 0 heterocycles. The third-order valence-electron chi connectivity index (χ3n) is 0. The summed E-state index contributed by atoms with van der Waals surface area (Å²) in [7, 11) is 0. The van der Waals surface area contributed by atoms with Gasteiger partial charge in [-0.1, -0.05) is 0 Å². The van der Waals surface area contributed by atoms with Gasteiger partial charge in [-0.15, -0.1) is 0 Å². The molecule has 2 N–H and O–H groups in total. The van der Waals surface area contributed by atoms with Gasteiger partial charge in [-0.25, -0.2) is 0 Å². The summed E-state index contributed by atoms with van der Waals surface area (Å²) in [6, 6.07) is 0. The van der Waals surface area contributed by atoms with E-state index < -0.39 is 0 Å². The van der Waals surface area contributed by atoms with Crippen LogP contribution in [0.5, 0.6) is 0 Å². The molecule has 0 aromatic heterocycles. The maximum atomic E-state index is 0. The van der Waals surface area contributed by atoms with Crippen LogP contribution < -0.4 is 0 Å². The number of rotatable bonds is 0. The summed E-state index contributed by atoms with van der Waals surface area (Å²) in [5, 5.41) is 0. The maximum absolute atomic E-state index is 0. The molecule has 0 aromatic carbocycles. The van der Waals surface area contributed by atoms with Crippen molar-refractivity contribution in [1.29, 1.82) is 0 Å². The van der Waals surface area contributed by atoms with Gasteiger partial charge in [-0.2, -0.15) is 0 Å². The van der Waals surface area contributed by atoms with Gasteiger partial charge >= 0.3 is 22.4 Å². The van der Waals surface area contributed by atoms with Gasteiger partial charge < -0.3 is 21.0 Å². The van der Waals surface area contributed by atoms with Crippen molar-refractivity contribution in [2.75, 3.05) is 0 Å². The van der Waals surface area contributed by atoms with Crippen molar-refractivity contribution in [3.05, 3.63) is 21.0 Å². The second kappa shape index (κ2) is 55.0. The predicted molar refractivity (Wildman–Crippen MR) is 18.1 cm³/mol. The molecular weight excluding hydrogens is 131 g/mol. The molecular formula is C2H8NNb. The molecule has 0 radical (unpaired) electrons. The molecule has 0 spiro atoms. The van der Waals surface area contributed by atoms with Gasteiger partial charge in [0.15, 0.2) is 0 Å². The van der Waals surface area contributed by atoms with Crippen LogP contribution in [0.15, 0.2) is 0 Å². The van der Waals surface area contributed by atoms with Gasteiger partial charge in [-0.3, -0.25) is 0 Å². The molecule has 0 atom stereocenters. The third-order valence-corrected chi connectivity index (χ3v) is 0. The van der Waals surface area contributed by atoms with Crippen molar-refractivity contribution in [3.63, 3.8) is 0 Å². The van der Waals surface area contributed by atoms with E-state index in [9.17, 15) is 0 Å². The van der Waals surface area contributed by atoms with Crippen molar-refractivity contribution in [1.82, 2.24) is 0 Å².